The van der Waals surface area contributed by atoms with Crippen molar-refractivity contribution in [1.82, 2.24) is 0 Å². The summed E-state index contributed by atoms with van der Waals surface area (Å²) in [7, 11) is -0.884. The molecule has 0 bridgehead atoms. The molecule has 1 aliphatic rings. The number of carbonyl (C=O) groups excluding carboxylic acids is 1. The monoisotopic (exact) mass is 234 g/mol. The van der Waals surface area contributed by atoms with E-state index in [0.717, 1.165) is 11.0 Å². The number of fused-ring (bicyclic) bond motifs is 1. The van der Waals surface area contributed by atoms with Crippen LogP contribution in [0, 0.1) is 0 Å². The molecule has 1 heterocycles. The highest BCUT2D eigenvalue weighted by Gasteiger charge is 2.27. The maximum atomic E-state index is 11.4. The highest BCUT2D eigenvalue weighted by molar-refractivity contribution is 6.61. The van der Waals surface area contributed by atoms with Gasteiger partial charge < -0.3 is 14.4 Å². The van der Waals surface area contributed by atoms with E-state index < -0.39 is 13.2 Å². The zero-order chi connectivity index (χ0) is 12.4. The van der Waals surface area contributed by atoms with Crippen LogP contribution in [0.1, 0.15) is 25.8 Å². The third-order valence-electron chi connectivity index (χ3n) is 2.89. The highest BCUT2D eigenvalue weighted by atomic mass is 16.5. The quantitative estimate of drug-likeness (QED) is 0.777. The predicted molar refractivity (Wildman–Crippen MR) is 64.2 cm³/mol. The zero-order valence-corrected chi connectivity index (χ0v) is 9.97. The van der Waals surface area contributed by atoms with E-state index in [1.54, 1.807) is 19.1 Å². The fourth-order valence-corrected chi connectivity index (χ4v) is 1.82. The smallest absolute Gasteiger partial charge is 0.483 e. The van der Waals surface area contributed by atoms with Gasteiger partial charge in [0.2, 0.25) is 0 Å². The van der Waals surface area contributed by atoms with Gasteiger partial charge in [0.05, 0.1) is 6.61 Å². The van der Waals surface area contributed by atoms with Crippen LogP contribution in [0.15, 0.2) is 18.2 Å². The average Bonchev–Trinajstić information content (AvgIpc) is 2.70. The normalized spacial score (nSPS) is 15.6. The lowest BCUT2D eigenvalue weighted by Gasteiger charge is -2.13. The lowest BCUT2D eigenvalue weighted by Crippen LogP contribution is -2.29. The minimum Gasteiger partial charge on any atom is -0.483 e. The molecule has 0 aromatic heterocycles. The molecule has 1 unspecified atom stereocenters. The average molecular weight is 234 g/mol. The second-order valence-electron chi connectivity index (χ2n) is 4.10. The summed E-state index contributed by atoms with van der Waals surface area (Å²) in [4.78, 5) is 11.4. The van der Waals surface area contributed by atoms with Crippen LogP contribution in [0.25, 0.3) is 0 Å². The Morgan fingerprint density at radius 1 is 1.65 bits per heavy atom. The van der Waals surface area contributed by atoms with Crippen molar-refractivity contribution in [3.63, 3.8) is 0 Å². The molecule has 1 aliphatic heterocycles. The molecule has 4 nitrogen and oxygen atoms in total. The Morgan fingerprint density at radius 2 is 2.41 bits per heavy atom. The van der Waals surface area contributed by atoms with E-state index in [-0.39, 0.29) is 5.78 Å². The van der Waals surface area contributed by atoms with Gasteiger partial charge in [0, 0.05) is 6.42 Å². The minimum absolute atomic E-state index is 0.0577. The van der Waals surface area contributed by atoms with Crippen LogP contribution in [-0.4, -0.2) is 24.0 Å². The topological polar surface area (TPSA) is 55.8 Å². The first-order chi connectivity index (χ1) is 8.11. The Balaban J connectivity index is 2.13. The third kappa shape index (κ3) is 2.51. The molecule has 0 aliphatic carbocycles. The number of carbonyl (C=O) groups is 1. The molecule has 1 aromatic rings. The molecule has 0 saturated heterocycles. The standard InChI is InChI=1S/C12H15BO4/c1-3-12(14)8(2)17-10-5-4-9-7-16-13(15)11(9)6-10/h4-6,8,15H,3,7H2,1-2H3. The molecule has 5 heteroatoms. The molecule has 1 N–H and O–H groups in total. The van der Waals surface area contributed by atoms with Crippen LogP contribution in [0.2, 0.25) is 0 Å². The molecule has 0 amide bonds. The van der Waals surface area contributed by atoms with Gasteiger partial charge in [0.1, 0.15) is 5.75 Å². The first-order valence-electron chi connectivity index (χ1n) is 5.73. The maximum absolute atomic E-state index is 11.4. The van der Waals surface area contributed by atoms with E-state index in [9.17, 15) is 9.82 Å². The summed E-state index contributed by atoms with van der Waals surface area (Å²) < 4.78 is 10.6. The number of hydrogen-bond acceptors (Lipinski definition) is 4. The number of ether oxygens (including phenoxy) is 1. The van der Waals surface area contributed by atoms with Gasteiger partial charge in [-0.3, -0.25) is 4.79 Å². The predicted octanol–water partition coefficient (Wildman–Crippen LogP) is 0.651. The Bertz CT molecular complexity index is 433. The summed E-state index contributed by atoms with van der Waals surface area (Å²) >= 11 is 0. The van der Waals surface area contributed by atoms with Gasteiger partial charge >= 0.3 is 7.12 Å². The van der Waals surface area contributed by atoms with E-state index >= 15 is 0 Å². The first kappa shape index (κ1) is 12.1. The largest absolute Gasteiger partial charge is 0.491 e. The second kappa shape index (κ2) is 4.90. The molecule has 90 valence electrons. The molecule has 17 heavy (non-hydrogen) atoms. The summed E-state index contributed by atoms with van der Waals surface area (Å²) in [6, 6.07) is 5.37. The van der Waals surface area contributed by atoms with Crippen LogP contribution in [0.4, 0.5) is 0 Å². The van der Waals surface area contributed by atoms with Gasteiger partial charge in [-0.15, -0.1) is 0 Å². The van der Waals surface area contributed by atoms with Gasteiger partial charge in [-0.25, -0.2) is 0 Å². The molecule has 1 atom stereocenters. The summed E-state index contributed by atoms with van der Waals surface area (Å²) in [6.45, 7) is 3.95. The second-order valence-corrected chi connectivity index (χ2v) is 4.10. The number of rotatable bonds is 4. The highest BCUT2D eigenvalue weighted by Crippen LogP contribution is 2.17. The third-order valence-corrected chi connectivity index (χ3v) is 2.89. The van der Waals surface area contributed by atoms with Gasteiger partial charge in [0.15, 0.2) is 11.9 Å². The fourth-order valence-electron chi connectivity index (χ4n) is 1.82. The van der Waals surface area contributed by atoms with Crippen molar-refractivity contribution in [1.29, 1.82) is 0 Å². The molecule has 0 saturated carbocycles. The van der Waals surface area contributed by atoms with Crippen LogP contribution >= 0.6 is 0 Å². The fraction of sp³-hybridized carbons (Fsp3) is 0.417. The van der Waals surface area contributed by atoms with E-state index in [0.29, 0.717) is 18.8 Å². The zero-order valence-electron chi connectivity index (χ0n) is 9.97. The summed E-state index contributed by atoms with van der Waals surface area (Å²) in [5.74, 6) is 0.643. The van der Waals surface area contributed by atoms with Crippen molar-refractivity contribution < 1.29 is 19.2 Å². The molecule has 1 aromatic carbocycles. The Labute approximate surface area is 101 Å². The van der Waals surface area contributed by atoms with Crippen molar-refractivity contribution in [3.05, 3.63) is 23.8 Å². The van der Waals surface area contributed by atoms with E-state index in [1.807, 2.05) is 13.0 Å². The lowest BCUT2D eigenvalue weighted by atomic mass is 9.79. The molecular weight excluding hydrogens is 219 g/mol. The van der Waals surface area contributed by atoms with Gasteiger partial charge in [-0.2, -0.15) is 0 Å². The number of hydrogen-bond donors (Lipinski definition) is 1. The summed E-state index contributed by atoms with van der Waals surface area (Å²) in [6.07, 6.45) is -0.00444. The van der Waals surface area contributed by atoms with Crippen LogP contribution < -0.4 is 10.2 Å². The lowest BCUT2D eigenvalue weighted by molar-refractivity contribution is -0.124. The SMILES string of the molecule is CCC(=O)C(C)Oc1ccc2c(c1)B(O)OC2. The number of benzene rings is 1. The van der Waals surface area contributed by atoms with Crippen molar-refractivity contribution in [2.24, 2.45) is 0 Å². The van der Waals surface area contributed by atoms with Crippen LogP contribution in [-0.2, 0) is 16.1 Å². The van der Waals surface area contributed by atoms with Crippen LogP contribution in [0.3, 0.4) is 0 Å². The summed E-state index contributed by atoms with van der Waals surface area (Å²) in [5.41, 5.74) is 1.68. The Morgan fingerprint density at radius 3 is 3.12 bits per heavy atom. The summed E-state index contributed by atoms with van der Waals surface area (Å²) in [5, 5.41) is 9.55. The van der Waals surface area contributed by atoms with E-state index in [4.69, 9.17) is 9.39 Å². The van der Waals surface area contributed by atoms with Crippen molar-refractivity contribution >= 4 is 18.4 Å². The molecule has 0 fully saturated rings. The molecule has 0 radical (unpaired) electrons. The Hall–Kier alpha value is -1.33. The molecule has 0 spiro atoms. The van der Waals surface area contributed by atoms with Gasteiger partial charge in [-0.05, 0) is 30.1 Å². The van der Waals surface area contributed by atoms with Gasteiger partial charge in [0.25, 0.3) is 0 Å². The maximum Gasteiger partial charge on any atom is 0.491 e. The number of Topliss-reactive ketones (excluding diaryl/α,β-unsaturated/α-hetero) is 1. The van der Waals surface area contributed by atoms with Gasteiger partial charge in [-0.1, -0.05) is 13.0 Å². The minimum atomic E-state index is -0.884. The van der Waals surface area contributed by atoms with Crippen molar-refractivity contribution in [3.8, 4) is 5.75 Å². The Kier molecular flexibility index (Phi) is 3.50. The van der Waals surface area contributed by atoms with Crippen molar-refractivity contribution in [2.45, 2.75) is 33.0 Å². The first-order valence-corrected chi connectivity index (χ1v) is 5.73. The van der Waals surface area contributed by atoms with E-state index in [2.05, 4.69) is 0 Å². The number of ketones is 1. The van der Waals surface area contributed by atoms with Crippen LogP contribution in [0.5, 0.6) is 5.75 Å². The molecular formula is C12H15BO4. The van der Waals surface area contributed by atoms with E-state index in [1.165, 1.54) is 0 Å². The van der Waals surface area contributed by atoms with Crippen molar-refractivity contribution in [2.75, 3.05) is 0 Å². The molecule has 2 rings (SSSR count).